The lowest BCUT2D eigenvalue weighted by atomic mass is 10.2. The van der Waals surface area contributed by atoms with Crippen molar-refractivity contribution < 1.29 is 9.59 Å². The summed E-state index contributed by atoms with van der Waals surface area (Å²) < 4.78 is 1.66. The van der Waals surface area contributed by atoms with Gasteiger partial charge in [-0.15, -0.1) is 12.4 Å². The van der Waals surface area contributed by atoms with Gasteiger partial charge in [-0.25, -0.2) is 0 Å². The smallest absolute Gasteiger partial charge is 0.267 e. The van der Waals surface area contributed by atoms with Gasteiger partial charge in [0.25, 0.3) is 5.91 Å². The average Bonchev–Trinajstić information content (AvgIpc) is 2.61. The van der Waals surface area contributed by atoms with Crippen LogP contribution in [0.2, 0.25) is 0 Å². The summed E-state index contributed by atoms with van der Waals surface area (Å²) in [7, 11) is 3.57. The van der Waals surface area contributed by atoms with Crippen molar-refractivity contribution in [2.75, 3.05) is 20.1 Å². The second kappa shape index (κ2) is 7.09. The van der Waals surface area contributed by atoms with Gasteiger partial charge in [0, 0.05) is 31.9 Å². The molecule has 5 nitrogen and oxygen atoms in total. The molecule has 0 aromatic carbocycles. The number of hydrogen-bond donors (Lipinski definition) is 2. The van der Waals surface area contributed by atoms with Gasteiger partial charge in [0.1, 0.15) is 5.69 Å². The van der Waals surface area contributed by atoms with Crippen LogP contribution in [-0.4, -0.2) is 36.4 Å². The lowest BCUT2D eigenvalue weighted by molar-refractivity contribution is 0.0945. The minimum Gasteiger partial charge on any atom is -0.349 e. The summed E-state index contributed by atoms with van der Waals surface area (Å²) in [5, 5.41) is 5.70. The van der Waals surface area contributed by atoms with Crippen LogP contribution in [0, 0.1) is 0 Å². The summed E-state index contributed by atoms with van der Waals surface area (Å²) in [6, 6.07) is 1.61. The van der Waals surface area contributed by atoms with Gasteiger partial charge < -0.3 is 15.2 Å². The Kier molecular flexibility index (Phi) is 6.53. The van der Waals surface area contributed by atoms with Crippen LogP contribution in [0.25, 0.3) is 0 Å². The topological polar surface area (TPSA) is 63.1 Å². The van der Waals surface area contributed by atoms with Crippen LogP contribution in [0.4, 0.5) is 0 Å². The molecule has 17 heavy (non-hydrogen) atoms. The summed E-state index contributed by atoms with van der Waals surface area (Å²) in [6.07, 6.45) is 1.66. The van der Waals surface area contributed by atoms with Crippen LogP contribution in [0.1, 0.15) is 27.8 Å². The first-order valence-electron chi connectivity index (χ1n) is 5.16. The molecule has 0 spiro atoms. The standard InChI is InChI=1S/C11H17N3O2.ClH/c1-8(15)9-6-10(14(3)7-9)11(16)13-5-4-12-2;/h6-7,12H,4-5H2,1-3H3,(H,13,16);1H. The molecule has 1 rings (SSSR count). The molecule has 0 atom stereocenters. The number of amides is 1. The van der Waals surface area contributed by atoms with E-state index in [0.717, 1.165) is 6.54 Å². The zero-order valence-corrected chi connectivity index (χ0v) is 11.1. The summed E-state index contributed by atoms with van der Waals surface area (Å²) in [4.78, 5) is 22.8. The number of aryl methyl sites for hydroxylation is 1. The molecule has 1 heterocycles. The summed E-state index contributed by atoms with van der Waals surface area (Å²) in [6.45, 7) is 2.77. The van der Waals surface area contributed by atoms with Crippen molar-refractivity contribution in [2.45, 2.75) is 6.92 Å². The molecule has 0 fully saturated rings. The molecule has 0 bridgehead atoms. The summed E-state index contributed by atoms with van der Waals surface area (Å²) in [5.41, 5.74) is 1.06. The van der Waals surface area contributed by atoms with Crippen molar-refractivity contribution in [3.05, 3.63) is 23.5 Å². The van der Waals surface area contributed by atoms with E-state index in [1.165, 1.54) is 6.92 Å². The van der Waals surface area contributed by atoms with Gasteiger partial charge in [0.05, 0.1) is 0 Å². The second-order valence-electron chi connectivity index (χ2n) is 3.64. The Bertz CT molecular complexity index is 401. The molecule has 0 saturated carbocycles. The summed E-state index contributed by atoms with van der Waals surface area (Å²) >= 11 is 0. The van der Waals surface area contributed by atoms with E-state index in [2.05, 4.69) is 10.6 Å². The Hall–Kier alpha value is -1.33. The van der Waals surface area contributed by atoms with Crippen molar-refractivity contribution >= 4 is 24.1 Å². The fourth-order valence-corrected chi connectivity index (χ4v) is 1.37. The zero-order valence-electron chi connectivity index (χ0n) is 10.2. The molecule has 0 aliphatic carbocycles. The maximum absolute atomic E-state index is 11.7. The van der Waals surface area contributed by atoms with Gasteiger partial charge in [-0.1, -0.05) is 0 Å². The Morgan fingerprint density at radius 2 is 2.00 bits per heavy atom. The molecular weight excluding hydrogens is 242 g/mol. The third-order valence-corrected chi connectivity index (χ3v) is 2.30. The number of Topliss-reactive ketones (excluding diaryl/α,β-unsaturated/α-hetero) is 1. The van der Waals surface area contributed by atoms with Crippen LogP contribution in [-0.2, 0) is 7.05 Å². The fourth-order valence-electron chi connectivity index (χ4n) is 1.37. The molecule has 0 unspecified atom stereocenters. The molecule has 0 aliphatic heterocycles. The molecule has 1 aromatic rings. The molecule has 0 aliphatic rings. The van der Waals surface area contributed by atoms with E-state index < -0.39 is 0 Å². The molecule has 1 aromatic heterocycles. The highest BCUT2D eigenvalue weighted by Gasteiger charge is 2.12. The number of rotatable bonds is 5. The number of likely N-dealkylation sites (N-methyl/N-ethyl adjacent to an activating group) is 1. The van der Waals surface area contributed by atoms with Crippen LogP contribution in [0.5, 0.6) is 0 Å². The van der Waals surface area contributed by atoms with Crippen LogP contribution >= 0.6 is 12.4 Å². The second-order valence-corrected chi connectivity index (χ2v) is 3.64. The Balaban J connectivity index is 0.00000256. The predicted octanol–water partition coefficient (Wildman–Crippen LogP) is 0.599. The number of hydrogen-bond acceptors (Lipinski definition) is 3. The third-order valence-electron chi connectivity index (χ3n) is 2.30. The molecule has 2 N–H and O–H groups in total. The Morgan fingerprint density at radius 1 is 1.35 bits per heavy atom. The SMILES string of the molecule is CNCCNC(=O)c1cc(C(C)=O)cn1C.Cl. The van der Waals surface area contributed by atoms with Gasteiger partial charge in [0.15, 0.2) is 5.78 Å². The Morgan fingerprint density at radius 3 is 2.47 bits per heavy atom. The van der Waals surface area contributed by atoms with E-state index in [4.69, 9.17) is 0 Å². The maximum Gasteiger partial charge on any atom is 0.267 e. The van der Waals surface area contributed by atoms with E-state index in [-0.39, 0.29) is 24.1 Å². The molecule has 0 radical (unpaired) electrons. The first-order chi connectivity index (χ1) is 7.56. The first kappa shape index (κ1) is 15.7. The van der Waals surface area contributed by atoms with Crippen LogP contribution < -0.4 is 10.6 Å². The van der Waals surface area contributed by atoms with Gasteiger partial charge in [-0.2, -0.15) is 0 Å². The van der Waals surface area contributed by atoms with Gasteiger partial charge >= 0.3 is 0 Å². The van der Waals surface area contributed by atoms with Crippen molar-refractivity contribution in [1.82, 2.24) is 15.2 Å². The zero-order chi connectivity index (χ0) is 12.1. The third kappa shape index (κ3) is 4.20. The van der Waals surface area contributed by atoms with Gasteiger partial charge in [-0.3, -0.25) is 9.59 Å². The lowest BCUT2D eigenvalue weighted by Gasteiger charge is -2.04. The first-order valence-corrected chi connectivity index (χ1v) is 5.16. The highest BCUT2D eigenvalue weighted by molar-refractivity contribution is 5.99. The highest BCUT2D eigenvalue weighted by atomic mass is 35.5. The van der Waals surface area contributed by atoms with E-state index in [0.29, 0.717) is 17.8 Å². The Labute approximate surface area is 107 Å². The van der Waals surface area contributed by atoms with E-state index in [1.54, 1.807) is 23.9 Å². The van der Waals surface area contributed by atoms with E-state index >= 15 is 0 Å². The lowest BCUT2D eigenvalue weighted by Crippen LogP contribution is -2.31. The number of halogens is 1. The summed E-state index contributed by atoms with van der Waals surface area (Å²) in [5.74, 6) is -0.199. The van der Waals surface area contributed by atoms with Crippen molar-refractivity contribution in [2.24, 2.45) is 7.05 Å². The molecule has 1 amide bonds. The number of nitrogens with zero attached hydrogens (tertiary/aromatic N) is 1. The highest BCUT2D eigenvalue weighted by Crippen LogP contribution is 2.07. The molecule has 96 valence electrons. The van der Waals surface area contributed by atoms with Crippen molar-refractivity contribution in [3.8, 4) is 0 Å². The fraction of sp³-hybridized carbons (Fsp3) is 0.455. The molecule has 6 heteroatoms. The predicted molar refractivity (Wildman–Crippen MR) is 68.9 cm³/mol. The van der Waals surface area contributed by atoms with Crippen LogP contribution in [0.3, 0.4) is 0 Å². The monoisotopic (exact) mass is 259 g/mol. The number of aromatic nitrogens is 1. The number of ketones is 1. The normalized spacial score (nSPS) is 9.59. The van der Waals surface area contributed by atoms with Crippen molar-refractivity contribution in [1.29, 1.82) is 0 Å². The average molecular weight is 260 g/mol. The molecular formula is C11H18ClN3O2. The van der Waals surface area contributed by atoms with Crippen LogP contribution in [0.15, 0.2) is 12.3 Å². The quantitative estimate of drug-likeness (QED) is 0.601. The largest absolute Gasteiger partial charge is 0.349 e. The maximum atomic E-state index is 11.7. The van der Waals surface area contributed by atoms with Crippen molar-refractivity contribution in [3.63, 3.8) is 0 Å². The van der Waals surface area contributed by atoms with Gasteiger partial charge in [0.2, 0.25) is 0 Å². The number of carbonyl (C=O) groups excluding carboxylic acids is 2. The number of carbonyl (C=O) groups is 2. The number of nitrogens with one attached hydrogen (secondary N) is 2. The minimum atomic E-state index is -0.162. The van der Waals surface area contributed by atoms with E-state index in [9.17, 15) is 9.59 Å². The van der Waals surface area contributed by atoms with E-state index in [1.807, 2.05) is 7.05 Å². The minimum absolute atomic E-state index is 0. The molecule has 0 saturated heterocycles. The van der Waals surface area contributed by atoms with Gasteiger partial charge in [-0.05, 0) is 20.0 Å².